The van der Waals surface area contributed by atoms with E-state index in [0.29, 0.717) is 34.4 Å². The number of methoxy groups -OCH3 is 4. The predicted octanol–water partition coefficient (Wildman–Crippen LogP) is 2.17. The molecule has 0 spiro atoms. The minimum Gasteiger partial charge on any atom is -0.495 e. The van der Waals surface area contributed by atoms with Crippen molar-refractivity contribution in [1.29, 1.82) is 0 Å². The van der Waals surface area contributed by atoms with Gasteiger partial charge in [-0.3, -0.25) is 0 Å². The highest BCUT2D eigenvalue weighted by atomic mass is 16.5. The van der Waals surface area contributed by atoms with E-state index in [-0.39, 0.29) is 0 Å². The van der Waals surface area contributed by atoms with Gasteiger partial charge in [0.15, 0.2) is 11.5 Å². The zero-order valence-electron chi connectivity index (χ0n) is 15.0. The molecule has 0 fully saturated rings. The topological polar surface area (TPSA) is 106 Å². The van der Waals surface area contributed by atoms with Crippen LogP contribution in [-0.4, -0.2) is 38.8 Å². The number of nitrogen functional groups attached to an aromatic ring is 1. The fourth-order valence-electron chi connectivity index (χ4n) is 2.78. The maximum atomic E-state index is 6.03. The lowest BCUT2D eigenvalue weighted by atomic mass is 10.0. The van der Waals surface area contributed by atoms with Gasteiger partial charge in [0.25, 0.3) is 5.69 Å². The van der Waals surface area contributed by atoms with E-state index in [1.165, 1.54) is 0 Å². The van der Waals surface area contributed by atoms with Crippen molar-refractivity contribution in [2.75, 3.05) is 34.2 Å². The summed E-state index contributed by atoms with van der Waals surface area (Å²) in [6.45, 7) is 0. The molecule has 1 heterocycles. The lowest BCUT2D eigenvalue weighted by molar-refractivity contribution is -0.443. The predicted molar refractivity (Wildman–Crippen MR) is 96.6 cm³/mol. The number of anilines is 1. The van der Waals surface area contributed by atoms with Gasteiger partial charge in [0.05, 0.1) is 34.1 Å². The number of hydrogen-bond acceptors (Lipinski definition) is 6. The van der Waals surface area contributed by atoms with Crippen LogP contribution in [0.5, 0.6) is 23.0 Å². The number of rotatable bonds is 6. The highest BCUT2D eigenvalue weighted by molar-refractivity contribution is 5.80. The summed E-state index contributed by atoms with van der Waals surface area (Å²) in [7, 11) is 6.29. The van der Waals surface area contributed by atoms with Gasteiger partial charge in [-0.05, 0) is 30.3 Å². The second kappa shape index (κ2) is 7.22. The molecule has 8 heteroatoms. The Morgan fingerprint density at radius 1 is 0.846 bits per heavy atom. The van der Waals surface area contributed by atoms with Gasteiger partial charge >= 0.3 is 0 Å². The number of H-pyrrole nitrogens is 2. The number of benzene rings is 2. The Hall–Kier alpha value is -3.42. The van der Waals surface area contributed by atoms with E-state index in [1.807, 2.05) is 24.3 Å². The first-order valence-corrected chi connectivity index (χ1v) is 7.83. The van der Waals surface area contributed by atoms with Crippen molar-refractivity contribution in [1.82, 2.24) is 10.3 Å². The smallest absolute Gasteiger partial charge is 0.256 e. The lowest BCUT2D eigenvalue weighted by Crippen LogP contribution is -2.06. The molecule has 0 atom stereocenters. The Balaban J connectivity index is 2.13. The van der Waals surface area contributed by atoms with Gasteiger partial charge in [-0.2, -0.15) is 5.10 Å². The third-order valence-electron chi connectivity index (χ3n) is 4.04. The first-order valence-electron chi connectivity index (χ1n) is 7.83. The van der Waals surface area contributed by atoms with E-state index in [4.69, 9.17) is 24.7 Å². The number of nitrogens with zero attached hydrogens (tertiary/aromatic N) is 1. The Labute approximate surface area is 150 Å². The fourth-order valence-corrected chi connectivity index (χ4v) is 2.78. The van der Waals surface area contributed by atoms with Crippen molar-refractivity contribution < 1.29 is 24.0 Å². The van der Waals surface area contributed by atoms with Crippen molar-refractivity contribution >= 4 is 5.69 Å². The Morgan fingerprint density at radius 3 is 2.04 bits per heavy atom. The quantitative estimate of drug-likeness (QED) is 0.655. The van der Waals surface area contributed by atoms with E-state index >= 15 is 0 Å². The number of nitrogens with two attached hydrogens (primary N) is 1. The van der Waals surface area contributed by atoms with Crippen molar-refractivity contribution in [2.24, 2.45) is 0 Å². The third-order valence-corrected chi connectivity index (χ3v) is 4.04. The minimum absolute atomic E-state index is 0.525. The van der Waals surface area contributed by atoms with E-state index < -0.39 is 0 Å². The van der Waals surface area contributed by atoms with Crippen molar-refractivity contribution in [3.05, 3.63) is 30.3 Å². The molecule has 3 aromatic rings. The van der Waals surface area contributed by atoms with Crippen molar-refractivity contribution in [3.8, 4) is 45.5 Å². The number of ether oxygens (including phenoxy) is 4. The van der Waals surface area contributed by atoms with Crippen molar-refractivity contribution in [3.63, 3.8) is 0 Å². The van der Waals surface area contributed by atoms with Gasteiger partial charge < -0.3 is 24.7 Å². The second-order valence-electron chi connectivity index (χ2n) is 5.44. The van der Waals surface area contributed by atoms with Crippen LogP contribution < -0.4 is 29.8 Å². The van der Waals surface area contributed by atoms with Crippen LogP contribution in [0.25, 0.3) is 22.5 Å². The molecule has 0 amide bonds. The van der Waals surface area contributed by atoms with Gasteiger partial charge in [0, 0.05) is 16.2 Å². The molecule has 2 aromatic carbocycles. The highest BCUT2D eigenvalue weighted by Gasteiger charge is 2.23. The van der Waals surface area contributed by atoms with Crippen molar-refractivity contribution in [2.45, 2.75) is 0 Å². The first kappa shape index (κ1) is 17.4. The summed E-state index contributed by atoms with van der Waals surface area (Å²) >= 11 is 0. The molecule has 1 aromatic heterocycles. The van der Waals surface area contributed by atoms with Crippen LogP contribution in [0.1, 0.15) is 0 Å². The largest absolute Gasteiger partial charge is 0.495 e. The maximum absolute atomic E-state index is 6.03. The standard InChI is InChI=1S/C18H20N4O4/c1-23-13-6-5-10(7-12(13)19)16-17(21-22-20-16)11-8-14(24-2)18(26-4)15(9-11)25-3/h5-9H,19H2,1-4H3,(H,20,21,22)/p+1. The van der Waals surface area contributed by atoms with E-state index in [1.54, 1.807) is 34.5 Å². The van der Waals surface area contributed by atoms with E-state index in [0.717, 1.165) is 16.8 Å². The Morgan fingerprint density at radius 2 is 1.50 bits per heavy atom. The molecule has 0 aliphatic rings. The Kier molecular flexibility index (Phi) is 4.83. The normalized spacial score (nSPS) is 10.5. The average Bonchev–Trinajstić information content (AvgIpc) is 3.16. The molecule has 3 rings (SSSR count). The number of hydrogen-bond donors (Lipinski definition) is 2. The van der Waals surface area contributed by atoms with E-state index in [9.17, 15) is 0 Å². The summed E-state index contributed by atoms with van der Waals surface area (Å²) in [5.74, 6) is 2.24. The van der Waals surface area contributed by atoms with Gasteiger partial charge in [-0.15, -0.1) is 0 Å². The lowest BCUT2D eigenvalue weighted by Gasteiger charge is -2.13. The number of nitrogens with one attached hydrogen (secondary N) is 2. The third kappa shape index (κ3) is 2.97. The van der Waals surface area contributed by atoms with Crippen LogP contribution in [0.4, 0.5) is 5.69 Å². The molecule has 0 unspecified atom stereocenters. The van der Waals surface area contributed by atoms with Gasteiger partial charge in [0.1, 0.15) is 5.75 Å². The fraction of sp³-hybridized carbons (Fsp3) is 0.222. The highest BCUT2D eigenvalue weighted by Crippen LogP contribution is 2.42. The summed E-state index contributed by atoms with van der Waals surface area (Å²) in [6, 6.07) is 9.20. The molecule has 0 radical (unpaired) electrons. The summed E-state index contributed by atoms with van der Waals surface area (Å²) < 4.78 is 21.4. The monoisotopic (exact) mass is 357 g/mol. The number of aromatic amines is 2. The first-order chi connectivity index (χ1) is 12.6. The molecule has 8 nitrogen and oxygen atoms in total. The molecule has 26 heavy (non-hydrogen) atoms. The van der Waals surface area contributed by atoms with Crippen LogP contribution in [0.2, 0.25) is 0 Å². The van der Waals surface area contributed by atoms with Gasteiger partial charge in [-0.1, -0.05) is 5.21 Å². The molecule has 0 saturated carbocycles. The molecule has 0 saturated heterocycles. The molecule has 136 valence electrons. The molecule has 0 bridgehead atoms. The summed E-state index contributed by atoms with van der Waals surface area (Å²) in [4.78, 5) is 0. The molecular weight excluding hydrogens is 336 g/mol. The summed E-state index contributed by atoms with van der Waals surface area (Å²) in [5, 5.41) is 10.2. The minimum atomic E-state index is 0.525. The van der Waals surface area contributed by atoms with Crippen LogP contribution in [0, 0.1) is 0 Å². The van der Waals surface area contributed by atoms with Crippen LogP contribution in [0.15, 0.2) is 30.3 Å². The zero-order chi connectivity index (χ0) is 18.7. The van der Waals surface area contributed by atoms with Crippen LogP contribution >= 0.6 is 0 Å². The molecule has 0 aliphatic heterocycles. The van der Waals surface area contributed by atoms with E-state index in [2.05, 4.69) is 15.4 Å². The van der Waals surface area contributed by atoms with Crippen LogP contribution in [-0.2, 0) is 0 Å². The molecular formula is C18H21N4O4+. The Bertz CT molecular complexity index is 898. The summed E-state index contributed by atoms with van der Waals surface area (Å²) in [5.41, 5.74) is 9.67. The summed E-state index contributed by atoms with van der Waals surface area (Å²) in [6.07, 6.45) is 0. The average molecular weight is 357 g/mol. The van der Waals surface area contributed by atoms with Crippen LogP contribution in [0.3, 0.4) is 0 Å². The molecule has 4 N–H and O–H groups in total. The zero-order valence-corrected chi connectivity index (χ0v) is 15.0. The second-order valence-corrected chi connectivity index (χ2v) is 5.44. The number of aromatic nitrogens is 3. The van der Waals surface area contributed by atoms with Gasteiger partial charge in [-0.25, -0.2) is 0 Å². The molecule has 0 aliphatic carbocycles. The maximum Gasteiger partial charge on any atom is 0.256 e. The van der Waals surface area contributed by atoms with Gasteiger partial charge in [0.2, 0.25) is 11.4 Å². The SMILES string of the molecule is COc1ccc(-c2n[nH][nH+]c2-c2cc(OC)c(OC)c(OC)c2)cc1N.